The summed E-state index contributed by atoms with van der Waals surface area (Å²) in [5.41, 5.74) is 5.59. The number of ether oxygens (including phenoxy) is 1. The summed E-state index contributed by atoms with van der Waals surface area (Å²) in [5.74, 6) is 1.23. The molecule has 1 unspecified atom stereocenters. The van der Waals surface area contributed by atoms with Crippen LogP contribution in [0.4, 0.5) is 0 Å². The number of rotatable bonds is 4. The van der Waals surface area contributed by atoms with Gasteiger partial charge in [0.15, 0.2) is 6.61 Å². The highest BCUT2D eigenvalue weighted by molar-refractivity contribution is 5.78. The molecule has 0 aromatic heterocycles. The number of amides is 1. The first-order valence-corrected chi connectivity index (χ1v) is 5.95. The molecular weight excluding hydrogens is 216 g/mol. The number of hydrogen-bond donors (Lipinski definition) is 1. The van der Waals surface area contributed by atoms with Gasteiger partial charge in [-0.2, -0.15) is 0 Å². The molecule has 2 rings (SSSR count). The fourth-order valence-electron chi connectivity index (χ4n) is 2.00. The topological polar surface area (TPSA) is 55.6 Å². The molecule has 0 saturated carbocycles. The average Bonchev–Trinajstić information content (AvgIpc) is 2.86. The van der Waals surface area contributed by atoms with Crippen molar-refractivity contribution >= 4 is 5.91 Å². The monoisotopic (exact) mass is 234 g/mol. The molecule has 0 bridgehead atoms. The smallest absolute Gasteiger partial charge is 0.260 e. The van der Waals surface area contributed by atoms with E-state index in [1.54, 1.807) is 0 Å². The average molecular weight is 234 g/mol. The molecule has 17 heavy (non-hydrogen) atoms. The standard InChI is InChI=1S/C13H18N2O2/c14-8-11-6-7-15(9-11)13(16)10-17-12-4-2-1-3-5-12/h1-5,11H,6-10,14H2. The van der Waals surface area contributed by atoms with Crippen LogP contribution in [0.1, 0.15) is 6.42 Å². The van der Waals surface area contributed by atoms with Crippen molar-refractivity contribution < 1.29 is 9.53 Å². The maximum atomic E-state index is 11.8. The zero-order valence-electron chi connectivity index (χ0n) is 9.84. The molecule has 2 N–H and O–H groups in total. The molecule has 1 atom stereocenters. The van der Waals surface area contributed by atoms with Crippen molar-refractivity contribution in [3.05, 3.63) is 30.3 Å². The third-order valence-electron chi connectivity index (χ3n) is 3.08. The summed E-state index contributed by atoms with van der Waals surface area (Å²) >= 11 is 0. The van der Waals surface area contributed by atoms with Crippen molar-refractivity contribution in [2.24, 2.45) is 11.7 Å². The van der Waals surface area contributed by atoms with Gasteiger partial charge in [-0.15, -0.1) is 0 Å². The van der Waals surface area contributed by atoms with Crippen molar-refractivity contribution in [1.29, 1.82) is 0 Å². The summed E-state index contributed by atoms with van der Waals surface area (Å²) in [6, 6.07) is 9.39. The first kappa shape index (κ1) is 11.9. The van der Waals surface area contributed by atoms with E-state index in [4.69, 9.17) is 10.5 Å². The van der Waals surface area contributed by atoms with Gasteiger partial charge in [0.25, 0.3) is 5.91 Å². The molecular formula is C13H18N2O2. The van der Waals surface area contributed by atoms with Gasteiger partial charge in [-0.25, -0.2) is 0 Å². The molecule has 1 aromatic carbocycles. The van der Waals surface area contributed by atoms with E-state index < -0.39 is 0 Å². The van der Waals surface area contributed by atoms with E-state index in [0.717, 1.165) is 25.3 Å². The molecule has 0 radical (unpaired) electrons. The van der Waals surface area contributed by atoms with E-state index in [-0.39, 0.29) is 12.5 Å². The van der Waals surface area contributed by atoms with Crippen LogP contribution in [0.25, 0.3) is 0 Å². The Balaban J connectivity index is 1.78. The number of carbonyl (C=O) groups excluding carboxylic acids is 1. The van der Waals surface area contributed by atoms with E-state index in [9.17, 15) is 4.79 Å². The highest BCUT2D eigenvalue weighted by atomic mass is 16.5. The molecule has 0 spiro atoms. The third-order valence-corrected chi connectivity index (χ3v) is 3.08. The second-order valence-electron chi connectivity index (χ2n) is 4.33. The minimum absolute atomic E-state index is 0.0461. The van der Waals surface area contributed by atoms with Crippen molar-refractivity contribution in [2.45, 2.75) is 6.42 Å². The van der Waals surface area contributed by atoms with Crippen LogP contribution in [0, 0.1) is 5.92 Å². The number of carbonyl (C=O) groups is 1. The number of nitrogens with zero attached hydrogens (tertiary/aromatic N) is 1. The van der Waals surface area contributed by atoms with Crippen LogP contribution in [0.3, 0.4) is 0 Å². The van der Waals surface area contributed by atoms with Gasteiger partial charge in [-0.1, -0.05) is 18.2 Å². The van der Waals surface area contributed by atoms with Crippen LogP contribution >= 0.6 is 0 Å². The summed E-state index contributed by atoms with van der Waals surface area (Å²) in [7, 11) is 0. The van der Waals surface area contributed by atoms with Crippen molar-refractivity contribution in [2.75, 3.05) is 26.2 Å². The maximum Gasteiger partial charge on any atom is 0.260 e. The molecule has 4 heteroatoms. The zero-order valence-corrected chi connectivity index (χ0v) is 9.84. The summed E-state index contributed by atoms with van der Waals surface area (Å²) < 4.78 is 5.43. The van der Waals surface area contributed by atoms with Crippen LogP contribution < -0.4 is 10.5 Å². The fourth-order valence-corrected chi connectivity index (χ4v) is 2.00. The van der Waals surface area contributed by atoms with E-state index >= 15 is 0 Å². The summed E-state index contributed by atoms with van der Waals surface area (Å²) in [4.78, 5) is 13.7. The summed E-state index contributed by atoms with van der Waals surface area (Å²) in [5, 5.41) is 0. The van der Waals surface area contributed by atoms with E-state index in [1.807, 2.05) is 35.2 Å². The molecule has 4 nitrogen and oxygen atoms in total. The Bertz CT molecular complexity index is 367. The van der Waals surface area contributed by atoms with Gasteiger partial charge in [-0.05, 0) is 31.0 Å². The zero-order chi connectivity index (χ0) is 12.1. The van der Waals surface area contributed by atoms with Crippen LogP contribution in [-0.4, -0.2) is 37.0 Å². The Morgan fingerprint density at radius 1 is 1.41 bits per heavy atom. The molecule has 1 saturated heterocycles. The van der Waals surface area contributed by atoms with Gasteiger partial charge in [0.2, 0.25) is 0 Å². The lowest BCUT2D eigenvalue weighted by Crippen LogP contribution is -2.33. The largest absolute Gasteiger partial charge is 0.484 e. The van der Waals surface area contributed by atoms with Crippen molar-refractivity contribution in [1.82, 2.24) is 4.90 Å². The number of hydrogen-bond acceptors (Lipinski definition) is 3. The number of likely N-dealkylation sites (tertiary alicyclic amines) is 1. The molecule has 1 heterocycles. The highest BCUT2D eigenvalue weighted by Crippen LogP contribution is 2.15. The van der Waals surface area contributed by atoms with Crippen LogP contribution in [0.2, 0.25) is 0 Å². The second-order valence-corrected chi connectivity index (χ2v) is 4.33. The Labute approximate surface area is 101 Å². The van der Waals surface area contributed by atoms with Gasteiger partial charge < -0.3 is 15.4 Å². The van der Waals surface area contributed by atoms with Crippen LogP contribution in [-0.2, 0) is 4.79 Å². The van der Waals surface area contributed by atoms with E-state index in [2.05, 4.69) is 0 Å². The third kappa shape index (κ3) is 3.20. The molecule has 1 aromatic rings. The number of benzene rings is 1. The molecule has 1 fully saturated rings. The first-order valence-electron chi connectivity index (χ1n) is 5.95. The molecule has 92 valence electrons. The first-order chi connectivity index (χ1) is 8.29. The summed E-state index contributed by atoms with van der Waals surface area (Å²) in [6.07, 6.45) is 1.01. The lowest BCUT2D eigenvalue weighted by molar-refractivity contribution is -0.132. The highest BCUT2D eigenvalue weighted by Gasteiger charge is 2.25. The van der Waals surface area contributed by atoms with Crippen LogP contribution in [0.5, 0.6) is 5.75 Å². The predicted octanol–water partition coefficient (Wildman–Crippen LogP) is 0.873. The van der Waals surface area contributed by atoms with Gasteiger partial charge in [0, 0.05) is 13.1 Å². The molecule has 1 amide bonds. The Morgan fingerprint density at radius 3 is 2.82 bits per heavy atom. The van der Waals surface area contributed by atoms with Gasteiger partial charge in [-0.3, -0.25) is 4.79 Å². The second kappa shape index (κ2) is 5.68. The van der Waals surface area contributed by atoms with Crippen molar-refractivity contribution in [3.8, 4) is 5.75 Å². The predicted molar refractivity (Wildman–Crippen MR) is 65.7 cm³/mol. The van der Waals surface area contributed by atoms with E-state index in [0.29, 0.717) is 12.5 Å². The van der Waals surface area contributed by atoms with Crippen LogP contribution in [0.15, 0.2) is 30.3 Å². The Hall–Kier alpha value is -1.55. The molecule has 1 aliphatic heterocycles. The number of para-hydroxylation sites is 1. The normalized spacial score (nSPS) is 19.4. The lowest BCUT2D eigenvalue weighted by Gasteiger charge is -2.16. The SMILES string of the molecule is NCC1CCN(C(=O)COc2ccccc2)C1. The summed E-state index contributed by atoms with van der Waals surface area (Å²) in [6.45, 7) is 2.34. The lowest BCUT2D eigenvalue weighted by atomic mass is 10.1. The minimum Gasteiger partial charge on any atom is -0.484 e. The number of nitrogens with two attached hydrogens (primary N) is 1. The van der Waals surface area contributed by atoms with Gasteiger partial charge in [0.1, 0.15) is 5.75 Å². The van der Waals surface area contributed by atoms with Gasteiger partial charge in [0.05, 0.1) is 0 Å². The van der Waals surface area contributed by atoms with Gasteiger partial charge >= 0.3 is 0 Å². The fraction of sp³-hybridized carbons (Fsp3) is 0.462. The minimum atomic E-state index is 0.0461. The molecule has 0 aliphatic carbocycles. The molecule has 1 aliphatic rings. The quantitative estimate of drug-likeness (QED) is 0.841. The maximum absolute atomic E-state index is 11.8. The van der Waals surface area contributed by atoms with E-state index in [1.165, 1.54) is 0 Å². The Morgan fingerprint density at radius 2 is 2.18 bits per heavy atom. The Kier molecular flexibility index (Phi) is 3.98. The van der Waals surface area contributed by atoms with Crippen molar-refractivity contribution in [3.63, 3.8) is 0 Å².